The van der Waals surface area contributed by atoms with Crippen LogP contribution in [-0.2, 0) is 11.3 Å². The molecule has 1 N–H and O–H groups in total. The van der Waals surface area contributed by atoms with Crippen molar-refractivity contribution in [3.63, 3.8) is 0 Å². The van der Waals surface area contributed by atoms with Gasteiger partial charge in [-0.05, 0) is 37.1 Å². The number of anilines is 2. The molecule has 28 heavy (non-hydrogen) atoms. The minimum absolute atomic E-state index is 0.0449. The van der Waals surface area contributed by atoms with E-state index in [1.807, 2.05) is 5.38 Å². The van der Waals surface area contributed by atoms with Gasteiger partial charge in [0.15, 0.2) is 5.13 Å². The third-order valence-electron chi connectivity index (χ3n) is 4.87. The number of carbonyl (C=O) groups excluding carboxylic acids is 1. The van der Waals surface area contributed by atoms with Gasteiger partial charge in [-0.3, -0.25) is 4.79 Å². The van der Waals surface area contributed by atoms with Crippen LogP contribution in [-0.4, -0.2) is 23.5 Å². The molecule has 3 aromatic rings. The van der Waals surface area contributed by atoms with Gasteiger partial charge in [-0.1, -0.05) is 35.9 Å². The minimum atomic E-state index is -0.0481. The molecule has 0 unspecified atom stereocenters. The second kappa shape index (κ2) is 8.02. The van der Waals surface area contributed by atoms with Crippen molar-refractivity contribution in [2.24, 2.45) is 0 Å². The van der Waals surface area contributed by atoms with Gasteiger partial charge in [0.05, 0.1) is 18.2 Å². The molecule has 1 amide bonds. The van der Waals surface area contributed by atoms with Crippen molar-refractivity contribution in [1.29, 1.82) is 0 Å². The first-order valence-corrected chi connectivity index (χ1v) is 10.2. The second-order valence-corrected chi connectivity index (χ2v) is 8.03. The average Bonchev–Trinajstić information content (AvgIpc) is 3.18. The number of hydrogen-bond donors (Lipinski definition) is 1. The monoisotopic (exact) mass is 393 g/mol. The maximum absolute atomic E-state index is 12.6. The molecule has 1 aliphatic heterocycles. The number of amides is 1. The van der Waals surface area contributed by atoms with Gasteiger partial charge in [0, 0.05) is 18.1 Å². The molecule has 1 atom stereocenters. The molecular formula is C22H23N3O2S. The van der Waals surface area contributed by atoms with Crippen molar-refractivity contribution < 1.29 is 9.53 Å². The third kappa shape index (κ3) is 4.17. The van der Waals surface area contributed by atoms with Gasteiger partial charge >= 0.3 is 0 Å². The Labute approximate surface area is 169 Å². The lowest BCUT2D eigenvalue weighted by Gasteiger charge is -2.38. The van der Waals surface area contributed by atoms with Crippen molar-refractivity contribution in [1.82, 2.24) is 4.98 Å². The first kappa shape index (κ1) is 18.5. The molecule has 144 valence electrons. The Hall–Kier alpha value is -2.86. The number of ether oxygens (including phenoxy) is 1. The maximum atomic E-state index is 12.6. The quantitative estimate of drug-likeness (QED) is 0.691. The molecule has 0 saturated carbocycles. The number of rotatable bonds is 5. The number of nitrogens with one attached hydrogen (secondary N) is 1. The summed E-state index contributed by atoms with van der Waals surface area (Å²) in [6, 6.07) is 14.7. The molecule has 0 aliphatic carbocycles. The zero-order chi connectivity index (χ0) is 19.5. The third-order valence-corrected chi connectivity index (χ3v) is 5.56. The summed E-state index contributed by atoms with van der Waals surface area (Å²) >= 11 is 1.42. The van der Waals surface area contributed by atoms with Crippen molar-refractivity contribution in [3.05, 3.63) is 70.7 Å². The predicted molar refractivity (Wildman–Crippen MR) is 113 cm³/mol. The fraction of sp³-hybridized carbons (Fsp3) is 0.273. The van der Waals surface area contributed by atoms with E-state index in [2.05, 4.69) is 71.5 Å². The molecule has 4 rings (SSSR count). The van der Waals surface area contributed by atoms with E-state index in [0.717, 1.165) is 23.5 Å². The molecule has 1 aliphatic rings. The summed E-state index contributed by atoms with van der Waals surface area (Å²) in [5.41, 5.74) is 4.64. The van der Waals surface area contributed by atoms with Crippen LogP contribution in [0.1, 0.15) is 23.1 Å². The summed E-state index contributed by atoms with van der Waals surface area (Å²) in [5, 5.41) is 5.36. The van der Waals surface area contributed by atoms with E-state index in [0.29, 0.717) is 18.2 Å². The number of fused-ring (bicyclic) bond motifs is 1. The molecule has 5 nitrogen and oxygen atoms in total. The molecule has 2 aromatic carbocycles. The summed E-state index contributed by atoms with van der Waals surface area (Å²) < 4.78 is 6.01. The number of nitrogens with zero attached hydrogens (tertiary/aromatic N) is 2. The molecule has 1 aromatic heterocycles. The average molecular weight is 394 g/mol. The number of carbonyl (C=O) groups is 1. The Kier molecular flexibility index (Phi) is 5.30. The molecular weight excluding hydrogens is 370 g/mol. The van der Waals surface area contributed by atoms with Crippen LogP contribution < -0.4 is 15.0 Å². The molecule has 0 bridgehead atoms. The van der Waals surface area contributed by atoms with Crippen LogP contribution >= 0.6 is 11.3 Å². The maximum Gasteiger partial charge on any atom is 0.228 e. The lowest BCUT2D eigenvalue weighted by molar-refractivity contribution is -0.116. The van der Waals surface area contributed by atoms with E-state index >= 15 is 0 Å². The molecule has 0 radical (unpaired) electrons. The van der Waals surface area contributed by atoms with Crippen molar-refractivity contribution in [2.45, 2.75) is 32.9 Å². The van der Waals surface area contributed by atoms with E-state index < -0.39 is 0 Å². The zero-order valence-corrected chi connectivity index (χ0v) is 16.8. The van der Waals surface area contributed by atoms with Gasteiger partial charge < -0.3 is 15.0 Å². The van der Waals surface area contributed by atoms with E-state index in [4.69, 9.17) is 4.74 Å². The molecule has 0 saturated heterocycles. The van der Waals surface area contributed by atoms with E-state index in [-0.39, 0.29) is 11.9 Å². The number of aromatic nitrogens is 1. The number of hydrogen-bond acceptors (Lipinski definition) is 5. The summed E-state index contributed by atoms with van der Waals surface area (Å²) in [6.45, 7) is 5.35. The first-order valence-electron chi connectivity index (χ1n) is 9.33. The molecule has 0 fully saturated rings. The topological polar surface area (TPSA) is 54.5 Å². The van der Waals surface area contributed by atoms with Crippen LogP contribution in [0.3, 0.4) is 0 Å². The van der Waals surface area contributed by atoms with Gasteiger partial charge in [-0.25, -0.2) is 4.98 Å². The van der Waals surface area contributed by atoms with Gasteiger partial charge in [0.25, 0.3) is 0 Å². The van der Waals surface area contributed by atoms with Gasteiger partial charge in [0.2, 0.25) is 5.91 Å². The standard InChI is InChI=1S/C22H23N3O2S/c1-15-3-6-17(7-4-15)13-25-18(12-21(26)24-22-23-9-10-28-22)14-27-20-11-16(2)5-8-19(20)25/h3-11,18H,12-14H2,1-2H3,(H,23,24,26)/t18-/m0/s1. The highest BCUT2D eigenvalue weighted by Crippen LogP contribution is 2.36. The SMILES string of the molecule is Cc1ccc(CN2c3ccc(C)cc3OC[C@@H]2CC(=O)Nc2nccs2)cc1. The smallest absolute Gasteiger partial charge is 0.228 e. The largest absolute Gasteiger partial charge is 0.489 e. The highest BCUT2D eigenvalue weighted by molar-refractivity contribution is 7.13. The van der Waals surface area contributed by atoms with Gasteiger partial charge in [0.1, 0.15) is 12.4 Å². The summed E-state index contributed by atoms with van der Waals surface area (Å²) in [5.74, 6) is 0.830. The summed E-state index contributed by atoms with van der Waals surface area (Å²) in [4.78, 5) is 19.0. The van der Waals surface area contributed by atoms with Crippen LogP contribution in [0.2, 0.25) is 0 Å². The summed E-state index contributed by atoms with van der Waals surface area (Å²) in [6.07, 6.45) is 2.03. The van der Waals surface area contributed by atoms with Crippen LogP contribution in [0.15, 0.2) is 54.0 Å². The highest BCUT2D eigenvalue weighted by Gasteiger charge is 2.29. The van der Waals surface area contributed by atoms with Crippen LogP contribution in [0.25, 0.3) is 0 Å². The van der Waals surface area contributed by atoms with E-state index in [1.165, 1.54) is 22.5 Å². The zero-order valence-electron chi connectivity index (χ0n) is 16.0. The van der Waals surface area contributed by atoms with Gasteiger partial charge in [-0.2, -0.15) is 0 Å². The van der Waals surface area contributed by atoms with Crippen molar-refractivity contribution in [3.8, 4) is 5.75 Å². The molecule has 0 spiro atoms. The Balaban J connectivity index is 1.57. The highest BCUT2D eigenvalue weighted by atomic mass is 32.1. The van der Waals surface area contributed by atoms with Crippen molar-refractivity contribution >= 4 is 28.1 Å². The van der Waals surface area contributed by atoms with Crippen LogP contribution in [0.4, 0.5) is 10.8 Å². The Morgan fingerprint density at radius 3 is 2.75 bits per heavy atom. The van der Waals surface area contributed by atoms with Gasteiger partial charge in [-0.15, -0.1) is 11.3 Å². The van der Waals surface area contributed by atoms with E-state index in [9.17, 15) is 4.79 Å². The van der Waals surface area contributed by atoms with Crippen LogP contribution in [0.5, 0.6) is 5.75 Å². The fourth-order valence-electron chi connectivity index (χ4n) is 3.39. The number of aryl methyl sites for hydroxylation is 2. The predicted octanol–water partition coefficient (Wildman–Crippen LogP) is 4.56. The van der Waals surface area contributed by atoms with Crippen LogP contribution in [0, 0.1) is 13.8 Å². The Bertz CT molecular complexity index is 954. The lowest BCUT2D eigenvalue weighted by atomic mass is 10.0. The minimum Gasteiger partial charge on any atom is -0.489 e. The molecule has 2 heterocycles. The second-order valence-electron chi connectivity index (χ2n) is 7.14. The lowest BCUT2D eigenvalue weighted by Crippen LogP contribution is -2.44. The Morgan fingerprint density at radius 1 is 1.21 bits per heavy atom. The normalized spacial score (nSPS) is 15.6. The summed E-state index contributed by atoms with van der Waals surface area (Å²) in [7, 11) is 0. The molecule has 6 heteroatoms. The first-order chi connectivity index (χ1) is 13.6. The van der Waals surface area contributed by atoms with Crippen molar-refractivity contribution in [2.75, 3.05) is 16.8 Å². The Morgan fingerprint density at radius 2 is 2.00 bits per heavy atom. The van der Waals surface area contributed by atoms with E-state index in [1.54, 1.807) is 6.20 Å². The number of thiazole rings is 1. The fourth-order valence-corrected chi connectivity index (χ4v) is 3.94. The number of benzene rings is 2.